The lowest BCUT2D eigenvalue weighted by atomic mass is 10.1. The van der Waals surface area contributed by atoms with E-state index in [1.54, 1.807) is 18.2 Å². The first-order chi connectivity index (χ1) is 14.2. The first-order valence-electron chi connectivity index (χ1n) is 10.1. The molecule has 0 spiro atoms. The number of benzene rings is 2. The molecule has 0 aliphatic rings. The number of hydrogen-bond donors (Lipinski definition) is 0. The molecule has 0 unspecified atom stereocenters. The van der Waals surface area contributed by atoms with Crippen LogP contribution in [0, 0.1) is 0 Å². The molecule has 0 aromatic heterocycles. The molecule has 2 aromatic rings. The van der Waals surface area contributed by atoms with E-state index >= 15 is 0 Å². The molecule has 0 fully saturated rings. The largest absolute Gasteiger partial charge is 0.490 e. The van der Waals surface area contributed by atoms with Gasteiger partial charge in [0.15, 0.2) is 11.5 Å². The second-order valence-corrected chi connectivity index (χ2v) is 6.52. The Balaban J connectivity index is 2.34. The molecule has 0 atom stereocenters. The van der Waals surface area contributed by atoms with Crippen LogP contribution in [0.2, 0.25) is 0 Å². The van der Waals surface area contributed by atoms with Crippen LogP contribution in [0.25, 0.3) is 12.2 Å². The van der Waals surface area contributed by atoms with Crippen LogP contribution >= 0.6 is 0 Å². The zero-order valence-electron chi connectivity index (χ0n) is 17.4. The van der Waals surface area contributed by atoms with Crippen molar-refractivity contribution in [2.45, 2.75) is 40.0 Å². The van der Waals surface area contributed by atoms with Gasteiger partial charge in [0.05, 0.1) is 25.5 Å². The molecule has 0 saturated heterocycles. The van der Waals surface area contributed by atoms with Gasteiger partial charge in [-0.25, -0.2) is 4.79 Å². The summed E-state index contributed by atoms with van der Waals surface area (Å²) in [5.41, 5.74) is 2.54. The van der Waals surface area contributed by atoms with E-state index in [-0.39, 0.29) is 0 Å². The summed E-state index contributed by atoms with van der Waals surface area (Å²) in [5.74, 6) is 2.07. The summed E-state index contributed by atoms with van der Waals surface area (Å²) in [6.45, 7) is 8.05. The number of hydrogen-bond acceptors (Lipinski definition) is 5. The van der Waals surface area contributed by atoms with E-state index in [4.69, 9.17) is 14.2 Å². The molecule has 0 bridgehead atoms. The van der Waals surface area contributed by atoms with Gasteiger partial charge >= 0.3 is 0 Å². The second kappa shape index (κ2) is 12.4. The van der Waals surface area contributed by atoms with Gasteiger partial charge in [-0.3, -0.25) is 0 Å². The van der Waals surface area contributed by atoms with Crippen molar-refractivity contribution in [1.82, 2.24) is 0 Å². The standard InChI is InChI=1S/C24H29NO4/c1-4-13-27-22-16-20(8-7-19-9-11-21(12-10-19)25-18-26)17-23(28-14-5-2)24(22)29-15-6-3/h7-12,16-17H,4-6,13-15H2,1-3H3/b8-7+. The summed E-state index contributed by atoms with van der Waals surface area (Å²) >= 11 is 0. The average molecular weight is 395 g/mol. The molecule has 0 saturated carbocycles. The summed E-state index contributed by atoms with van der Waals surface area (Å²) in [6.07, 6.45) is 8.26. The van der Waals surface area contributed by atoms with Crippen LogP contribution in [-0.4, -0.2) is 25.9 Å². The zero-order chi connectivity index (χ0) is 20.9. The van der Waals surface area contributed by atoms with Gasteiger partial charge in [0, 0.05) is 0 Å². The van der Waals surface area contributed by atoms with Crippen molar-refractivity contribution in [2.75, 3.05) is 19.8 Å². The molecule has 5 heteroatoms. The lowest BCUT2D eigenvalue weighted by Gasteiger charge is -2.17. The number of carbonyl (C=O) groups excluding carboxylic acids is 1. The van der Waals surface area contributed by atoms with Crippen molar-refractivity contribution >= 4 is 23.9 Å². The Bertz CT molecular complexity index is 807. The molecule has 29 heavy (non-hydrogen) atoms. The van der Waals surface area contributed by atoms with Gasteiger partial charge in [-0.05, 0) is 54.7 Å². The van der Waals surface area contributed by atoms with E-state index in [0.29, 0.717) is 42.8 Å². The van der Waals surface area contributed by atoms with Gasteiger partial charge in [-0.2, -0.15) is 4.99 Å². The van der Waals surface area contributed by atoms with Gasteiger partial charge in [-0.15, -0.1) is 0 Å². The first-order valence-corrected chi connectivity index (χ1v) is 10.1. The highest BCUT2D eigenvalue weighted by Crippen LogP contribution is 2.40. The molecular formula is C24H29NO4. The fourth-order valence-electron chi connectivity index (χ4n) is 2.58. The number of ether oxygens (including phenoxy) is 3. The maximum absolute atomic E-state index is 10.3. The molecule has 0 radical (unpaired) electrons. The summed E-state index contributed by atoms with van der Waals surface area (Å²) in [5, 5.41) is 0. The molecule has 0 heterocycles. The SMILES string of the molecule is CCCOc1cc(/C=C/c2ccc(N=C=O)cc2)cc(OCCC)c1OCCC. The Morgan fingerprint density at radius 3 is 1.83 bits per heavy atom. The number of nitrogens with zero attached hydrogens (tertiary/aromatic N) is 1. The van der Waals surface area contributed by atoms with Gasteiger partial charge in [0.25, 0.3) is 0 Å². The van der Waals surface area contributed by atoms with Crippen LogP contribution < -0.4 is 14.2 Å². The normalized spacial score (nSPS) is 10.6. The van der Waals surface area contributed by atoms with Gasteiger partial charge in [0.1, 0.15) is 0 Å². The van der Waals surface area contributed by atoms with Gasteiger partial charge in [0.2, 0.25) is 11.8 Å². The average Bonchev–Trinajstić information content (AvgIpc) is 2.75. The van der Waals surface area contributed by atoms with Gasteiger partial charge < -0.3 is 14.2 Å². The fourth-order valence-corrected chi connectivity index (χ4v) is 2.58. The van der Waals surface area contributed by atoms with Crippen molar-refractivity contribution in [2.24, 2.45) is 4.99 Å². The Hall–Kier alpha value is -3.04. The minimum absolute atomic E-state index is 0.583. The zero-order valence-corrected chi connectivity index (χ0v) is 17.4. The minimum Gasteiger partial charge on any atom is -0.490 e. The Labute approximate surface area is 173 Å². The highest BCUT2D eigenvalue weighted by atomic mass is 16.5. The van der Waals surface area contributed by atoms with Crippen molar-refractivity contribution < 1.29 is 19.0 Å². The Morgan fingerprint density at radius 1 is 0.793 bits per heavy atom. The quantitative estimate of drug-likeness (QED) is 0.244. The summed E-state index contributed by atoms with van der Waals surface area (Å²) in [6, 6.07) is 11.3. The predicted molar refractivity (Wildman–Crippen MR) is 117 cm³/mol. The topological polar surface area (TPSA) is 57.1 Å². The second-order valence-electron chi connectivity index (χ2n) is 6.52. The molecule has 2 rings (SSSR count). The third-order valence-electron chi connectivity index (χ3n) is 3.95. The molecule has 154 valence electrons. The molecule has 0 aliphatic carbocycles. The van der Waals surface area contributed by atoms with Crippen LogP contribution in [0.3, 0.4) is 0 Å². The van der Waals surface area contributed by atoms with Crippen LogP contribution in [0.1, 0.15) is 51.2 Å². The fraction of sp³-hybridized carbons (Fsp3) is 0.375. The predicted octanol–water partition coefficient (Wildman–Crippen LogP) is 6.19. The van der Waals surface area contributed by atoms with E-state index in [0.717, 1.165) is 30.4 Å². The molecule has 0 N–H and O–H groups in total. The van der Waals surface area contributed by atoms with E-state index in [2.05, 4.69) is 25.8 Å². The van der Waals surface area contributed by atoms with Crippen LogP contribution in [0.5, 0.6) is 17.2 Å². The van der Waals surface area contributed by atoms with Crippen molar-refractivity contribution in [3.05, 3.63) is 47.5 Å². The lowest BCUT2D eigenvalue weighted by Crippen LogP contribution is -2.05. The van der Waals surface area contributed by atoms with Crippen LogP contribution in [0.4, 0.5) is 5.69 Å². The summed E-state index contributed by atoms with van der Waals surface area (Å²) < 4.78 is 17.9. The molecule has 0 aliphatic heterocycles. The highest BCUT2D eigenvalue weighted by Gasteiger charge is 2.15. The van der Waals surface area contributed by atoms with E-state index in [9.17, 15) is 4.79 Å². The molecule has 0 amide bonds. The van der Waals surface area contributed by atoms with Crippen LogP contribution in [-0.2, 0) is 4.79 Å². The lowest BCUT2D eigenvalue weighted by molar-refractivity contribution is 0.243. The van der Waals surface area contributed by atoms with E-state index < -0.39 is 0 Å². The Morgan fingerprint density at radius 2 is 1.31 bits per heavy atom. The monoisotopic (exact) mass is 395 g/mol. The van der Waals surface area contributed by atoms with Crippen LogP contribution in [0.15, 0.2) is 41.4 Å². The smallest absolute Gasteiger partial charge is 0.240 e. The maximum atomic E-state index is 10.3. The maximum Gasteiger partial charge on any atom is 0.240 e. The molecule has 2 aromatic carbocycles. The minimum atomic E-state index is 0.583. The number of rotatable bonds is 12. The van der Waals surface area contributed by atoms with E-state index in [1.807, 2.05) is 36.4 Å². The number of aliphatic imine (C=N–C) groups is 1. The highest BCUT2D eigenvalue weighted by molar-refractivity contribution is 5.73. The van der Waals surface area contributed by atoms with Crippen molar-refractivity contribution in [3.63, 3.8) is 0 Å². The molecule has 5 nitrogen and oxygen atoms in total. The third kappa shape index (κ3) is 7.13. The van der Waals surface area contributed by atoms with Crippen molar-refractivity contribution in [1.29, 1.82) is 0 Å². The Kier molecular flexibility index (Phi) is 9.53. The molecular weight excluding hydrogens is 366 g/mol. The summed E-state index contributed by atoms with van der Waals surface area (Å²) in [7, 11) is 0. The third-order valence-corrected chi connectivity index (χ3v) is 3.95. The van der Waals surface area contributed by atoms with E-state index in [1.165, 1.54) is 0 Å². The van der Waals surface area contributed by atoms with Gasteiger partial charge in [-0.1, -0.05) is 45.1 Å². The number of isocyanates is 1. The summed E-state index contributed by atoms with van der Waals surface area (Å²) in [4.78, 5) is 13.9. The van der Waals surface area contributed by atoms with Crippen molar-refractivity contribution in [3.8, 4) is 17.2 Å². The first kappa shape index (κ1) is 22.3.